The van der Waals surface area contributed by atoms with E-state index in [9.17, 15) is 4.39 Å². The van der Waals surface area contributed by atoms with Crippen LogP contribution in [0.5, 0.6) is 0 Å². The van der Waals surface area contributed by atoms with E-state index in [1.54, 1.807) is 12.1 Å². The Balaban J connectivity index is 2.48. The third kappa shape index (κ3) is 2.39. The van der Waals surface area contributed by atoms with Crippen molar-refractivity contribution in [1.82, 2.24) is 10.2 Å². The molecule has 0 saturated carbocycles. The molecule has 0 amide bonds. The molecule has 0 saturated heterocycles. The first-order valence-corrected chi connectivity index (χ1v) is 5.97. The van der Waals surface area contributed by atoms with Crippen LogP contribution in [-0.4, -0.2) is 10.2 Å². The van der Waals surface area contributed by atoms with E-state index in [2.05, 4.69) is 26.1 Å². The van der Waals surface area contributed by atoms with Crippen molar-refractivity contribution in [3.05, 3.63) is 34.4 Å². The van der Waals surface area contributed by atoms with Crippen LogP contribution in [0.15, 0.2) is 27.1 Å². The second kappa shape index (κ2) is 4.22. The molecule has 0 bridgehead atoms. The van der Waals surface area contributed by atoms with Crippen LogP contribution in [0, 0.1) is 5.82 Å². The molecule has 1 heterocycles. The van der Waals surface area contributed by atoms with Gasteiger partial charge in [0.15, 0.2) is 0 Å². The molecule has 0 N–H and O–H groups in total. The van der Waals surface area contributed by atoms with Gasteiger partial charge in [-0.2, -0.15) is 0 Å². The monoisotopic (exact) mass is 298 g/mol. The lowest BCUT2D eigenvalue weighted by atomic mass is 9.97. The zero-order valence-corrected chi connectivity index (χ0v) is 11.4. The smallest absolute Gasteiger partial charge is 0.249 e. The fourth-order valence-corrected chi connectivity index (χ4v) is 1.74. The van der Waals surface area contributed by atoms with Gasteiger partial charge in [-0.1, -0.05) is 26.8 Å². The molecule has 1 aromatic carbocycles. The van der Waals surface area contributed by atoms with E-state index in [1.165, 1.54) is 6.07 Å². The Kier molecular flexibility index (Phi) is 3.03. The van der Waals surface area contributed by atoms with Crippen LogP contribution in [0.3, 0.4) is 0 Å². The first-order valence-electron chi connectivity index (χ1n) is 5.18. The molecule has 0 atom stereocenters. The molecule has 90 valence electrons. The summed E-state index contributed by atoms with van der Waals surface area (Å²) in [5.41, 5.74) is 0.346. The summed E-state index contributed by atoms with van der Waals surface area (Å²) in [5.74, 6) is 0.503. The fourth-order valence-electron chi connectivity index (χ4n) is 1.30. The summed E-state index contributed by atoms with van der Waals surface area (Å²) in [5, 5.41) is 7.92. The Hall–Kier alpha value is -1.23. The largest absolute Gasteiger partial charge is 0.420 e. The van der Waals surface area contributed by atoms with Gasteiger partial charge in [-0.15, -0.1) is 10.2 Å². The number of rotatable bonds is 1. The first kappa shape index (κ1) is 12.2. The number of halogens is 2. The van der Waals surface area contributed by atoms with Crippen molar-refractivity contribution < 1.29 is 8.81 Å². The van der Waals surface area contributed by atoms with E-state index in [-0.39, 0.29) is 11.2 Å². The van der Waals surface area contributed by atoms with Crippen LogP contribution >= 0.6 is 15.9 Å². The van der Waals surface area contributed by atoms with Crippen molar-refractivity contribution in [2.45, 2.75) is 26.2 Å². The van der Waals surface area contributed by atoms with Crippen LogP contribution in [0.25, 0.3) is 11.5 Å². The van der Waals surface area contributed by atoms with Crippen LogP contribution in [-0.2, 0) is 5.41 Å². The molecule has 3 nitrogen and oxygen atoms in total. The van der Waals surface area contributed by atoms with Gasteiger partial charge < -0.3 is 4.42 Å². The third-order valence-corrected chi connectivity index (χ3v) is 3.05. The zero-order chi connectivity index (χ0) is 12.6. The van der Waals surface area contributed by atoms with Gasteiger partial charge in [0.05, 0.1) is 10.0 Å². The Morgan fingerprint density at radius 3 is 2.53 bits per heavy atom. The number of aromatic nitrogens is 2. The van der Waals surface area contributed by atoms with Crippen LogP contribution < -0.4 is 0 Å². The maximum absolute atomic E-state index is 13.4. The van der Waals surface area contributed by atoms with E-state index >= 15 is 0 Å². The van der Waals surface area contributed by atoms with Gasteiger partial charge in [-0.05, 0) is 28.1 Å². The highest BCUT2D eigenvalue weighted by Gasteiger charge is 2.22. The lowest BCUT2D eigenvalue weighted by molar-refractivity contribution is 0.399. The van der Waals surface area contributed by atoms with Gasteiger partial charge in [0, 0.05) is 5.41 Å². The molecule has 0 spiro atoms. The quantitative estimate of drug-likeness (QED) is 0.800. The molecule has 0 aliphatic heterocycles. The van der Waals surface area contributed by atoms with E-state index in [4.69, 9.17) is 4.42 Å². The molecule has 0 aliphatic carbocycles. The maximum atomic E-state index is 13.4. The number of hydrogen-bond acceptors (Lipinski definition) is 3. The SMILES string of the molecule is CC(C)(C)c1nnc(-c2cccc(F)c2Br)o1. The summed E-state index contributed by atoms with van der Waals surface area (Å²) in [4.78, 5) is 0. The highest BCUT2D eigenvalue weighted by Crippen LogP contribution is 2.31. The summed E-state index contributed by atoms with van der Waals surface area (Å²) in [6.07, 6.45) is 0. The summed E-state index contributed by atoms with van der Waals surface area (Å²) in [6, 6.07) is 4.71. The minimum absolute atomic E-state index is 0.217. The van der Waals surface area contributed by atoms with Gasteiger partial charge in [0.2, 0.25) is 11.8 Å². The standard InChI is InChI=1S/C12H12BrFN2O/c1-12(2,3)11-16-15-10(17-11)7-5-4-6-8(14)9(7)13/h4-6H,1-3H3. The zero-order valence-electron chi connectivity index (χ0n) is 9.79. The molecule has 5 heteroatoms. The van der Waals surface area contributed by atoms with E-state index in [0.29, 0.717) is 21.8 Å². The number of nitrogens with zero attached hydrogens (tertiary/aromatic N) is 2. The van der Waals surface area contributed by atoms with Gasteiger partial charge in [-0.3, -0.25) is 0 Å². The molecule has 0 aliphatic rings. The topological polar surface area (TPSA) is 38.9 Å². The number of benzene rings is 1. The van der Waals surface area contributed by atoms with Gasteiger partial charge in [0.25, 0.3) is 0 Å². The highest BCUT2D eigenvalue weighted by molar-refractivity contribution is 9.10. The molecule has 0 unspecified atom stereocenters. The van der Waals surface area contributed by atoms with Crippen LogP contribution in [0.4, 0.5) is 4.39 Å². The normalized spacial score (nSPS) is 11.8. The molecule has 2 aromatic rings. The predicted molar refractivity (Wildman–Crippen MR) is 66.1 cm³/mol. The highest BCUT2D eigenvalue weighted by atomic mass is 79.9. The molecular formula is C12H12BrFN2O. The van der Waals surface area contributed by atoms with Gasteiger partial charge in [0.1, 0.15) is 5.82 Å². The predicted octanol–water partition coefficient (Wildman–Crippen LogP) is 3.94. The van der Waals surface area contributed by atoms with E-state index in [1.807, 2.05) is 20.8 Å². The number of hydrogen-bond donors (Lipinski definition) is 0. The Morgan fingerprint density at radius 1 is 1.24 bits per heavy atom. The fraction of sp³-hybridized carbons (Fsp3) is 0.333. The van der Waals surface area contributed by atoms with Crippen LogP contribution in [0.2, 0.25) is 0 Å². The summed E-state index contributed by atoms with van der Waals surface area (Å²) in [6.45, 7) is 5.93. The van der Waals surface area contributed by atoms with Crippen molar-refractivity contribution in [1.29, 1.82) is 0 Å². The second-order valence-corrected chi connectivity index (χ2v) is 5.56. The average Bonchev–Trinajstić information content (AvgIpc) is 2.70. The van der Waals surface area contributed by atoms with Crippen molar-refractivity contribution in [2.75, 3.05) is 0 Å². The van der Waals surface area contributed by atoms with E-state index < -0.39 is 0 Å². The Morgan fingerprint density at radius 2 is 1.94 bits per heavy atom. The molecule has 2 rings (SSSR count). The van der Waals surface area contributed by atoms with Crippen LogP contribution in [0.1, 0.15) is 26.7 Å². The van der Waals surface area contributed by atoms with Crippen molar-refractivity contribution in [2.24, 2.45) is 0 Å². The molecular weight excluding hydrogens is 287 g/mol. The summed E-state index contributed by atoms with van der Waals surface area (Å²) in [7, 11) is 0. The minimum Gasteiger partial charge on any atom is -0.420 e. The van der Waals surface area contributed by atoms with Crippen molar-refractivity contribution in [3.8, 4) is 11.5 Å². The van der Waals surface area contributed by atoms with E-state index in [0.717, 1.165) is 0 Å². The second-order valence-electron chi connectivity index (χ2n) is 4.76. The molecule has 1 aromatic heterocycles. The van der Waals surface area contributed by atoms with Gasteiger partial charge in [-0.25, -0.2) is 4.39 Å². The maximum Gasteiger partial charge on any atom is 0.249 e. The third-order valence-electron chi connectivity index (χ3n) is 2.25. The molecule has 17 heavy (non-hydrogen) atoms. The lowest BCUT2D eigenvalue weighted by Gasteiger charge is -2.11. The van der Waals surface area contributed by atoms with Gasteiger partial charge >= 0.3 is 0 Å². The minimum atomic E-state index is -0.349. The Labute approximate surface area is 107 Å². The molecule has 0 fully saturated rings. The lowest BCUT2D eigenvalue weighted by Crippen LogP contribution is -2.11. The molecule has 0 radical (unpaired) electrons. The average molecular weight is 299 g/mol. The summed E-state index contributed by atoms with van der Waals surface area (Å²) >= 11 is 3.17. The first-order chi connectivity index (χ1) is 7.89. The van der Waals surface area contributed by atoms with Crippen molar-refractivity contribution in [3.63, 3.8) is 0 Å². The summed E-state index contributed by atoms with van der Waals surface area (Å²) < 4.78 is 19.3. The van der Waals surface area contributed by atoms with Crippen molar-refractivity contribution >= 4 is 15.9 Å². The Bertz CT molecular complexity index is 546.